The highest BCUT2D eigenvalue weighted by molar-refractivity contribution is 8.01. The maximum absolute atomic E-state index is 12.8. The lowest BCUT2D eigenvalue weighted by Gasteiger charge is -2.49. The number of anilines is 1. The average molecular weight is 448 g/mol. The van der Waals surface area contributed by atoms with Crippen molar-refractivity contribution in [2.75, 3.05) is 16.8 Å². The number of thioether (sulfide) groups is 2. The predicted molar refractivity (Wildman–Crippen MR) is 107 cm³/mol. The monoisotopic (exact) mass is 447 g/mol. The summed E-state index contributed by atoms with van der Waals surface area (Å²) in [5.41, 5.74) is 1.47. The Morgan fingerprint density at radius 3 is 3.10 bits per heavy atom. The van der Waals surface area contributed by atoms with Crippen LogP contribution in [-0.2, 0) is 23.1 Å². The molecule has 3 N–H and O–H groups in total. The summed E-state index contributed by atoms with van der Waals surface area (Å²) >= 11 is 2.82. The van der Waals surface area contributed by atoms with E-state index in [-0.39, 0.29) is 17.0 Å². The van der Waals surface area contributed by atoms with Gasteiger partial charge in [0, 0.05) is 37.1 Å². The summed E-state index contributed by atoms with van der Waals surface area (Å²) in [5, 5.41) is 32.9. The van der Waals surface area contributed by atoms with Gasteiger partial charge in [-0.05, 0) is 16.0 Å². The molecule has 0 spiro atoms. The van der Waals surface area contributed by atoms with Gasteiger partial charge in [0.1, 0.15) is 17.1 Å². The van der Waals surface area contributed by atoms with Crippen LogP contribution in [-0.4, -0.2) is 75.0 Å². The van der Waals surface area contributed by atoms with E-state index >= 15 is 0 Å². The molecule has 0 radical (unpaired) electrons. The number of amides is 1. The number of rotatable bonds is 8. The molecule has 2 aliphatic rings. The molecule has 1 saturated heterocycles. The SMILES string of the molecule is Cn1nnnc1SCC1=C(C(=O)O)N2C(=O)C(Nc3ncc(CCC#N)[nH]3)[C@@H]2SC1. The molecule has 4 heterocycles. The van der Waals surface area contributed by atoms with Crippen LogP contribution < -0.4 is 5.32 Å². The van der Waals surface area contributed by atoms with Crippen LogP contribution >= 0.6 is 23.5 Å². The number of nitriles is 1. The Labute approximate surface area is 179 Å². The molecule has 0 aromatic carbocycles. The number of aliphatic carboxylic acids is 1. The van der Waals surface area contributed by atoms with Crippen molar-refractivity contribution < 1.29 is 14.7 Å². The summed E-state index contributed by atoms with van der Waals surface area (Å²) in [4.78, 5) is 33.2. The van der Waals surface area contributed by atoms with Gasteiger partial charge in [-0.3, -0.25) is 9.69 Å². The lowest BCUT2D eigenvalue weighted by Crippen LogP contribution is -2.67. The molecular formula is C16H17N9O3S2. The van der Waals surface area contributed by atoms with Gasteiger partial charge in [-0.2, -0.15) is 5.26 Å². The van der Waals surface area contributed by atoms with Gasteiger partial charge < -0.3 is 15.4 Å². The van der Waals surface area contributed by atoms with Gasteiger partial charge in [0.15, 0.2) is 0 Å². The maximum Gasteiger partial charge on any atom is 0.352 e. The Hall–Kier alpha value is -3.05. The van der Waals surface area contributed by atoms with E-state index in [9.17, 15) is 14.7 Å². The Morgan fingerprint density at radius 1 is 1.57 bits per heavy atom. The Bertz CT molecular complexity index is 1060. The number of aromatic nitrogens is 6. The Balaban J connectivity index is 1.46. The van der Waals surface area contributed by atoms with Crippen molar-refractivity contribution in [1.82, 2.24) is 35.1 Å². The molecular weight excluding hydrogens is 430 g/mol. The highest BCUT2D eigenvalue weighted by atomic mass is 32.2. The number of aromatic amines is 1. The molecule has 30 heavy (non-hydrogen) atoms. The van der Waals surface area contributed by atoms with Gasteiger partial charge >= 0.3 is 5.97 Å². The van der Waals surface area contributed by atoms with Crippen LogP contribution in [0.3, 0.4) is 0 Å². The normalized spacial score (nSPS) is 20.5. The molecule has 1 unspecified atom stereocenters. The maximum atomic E-state index is 12.8. The van der Waals surface area contributed by atoms with Crippen LogP contribution in [0.1, 0.15) is 12.1 Å². The zero-order valence-corrected chi connectivity index (χ0v) is 17.4. The summed E-state index contributed by atoms with van der Waals surface area (Å²) in [6.45, 7) is 0. The van der Waals surface area contributed by atoms with Crippen LogP contribution in [0.5, 0.6) is 0 Å². The Kier molecular flexibility index (Phi) is 5.64. The van der Waals surface area contributed by atoms with E-state index in [0.717, 1.165) is 5.69 Å². The van der Waals surface area contributed by atoms with Gasteiger partial charge in [0.25, 0.3) is 5.91 Å². The van der Waals surface area contributed by atoms with E-state index in [1.165, 1.54) is 33.1 Å². The van der Waals surface area contributed by atoms with Crippen LogP contribution in [0.15, 0.2) is 22.6 Å². The summed E-state index contributed by atoms with van der Waals surface area (Å²) < 4.78 is 1.51. The number of imidazole rings is 1. The third-order valence-corrected chi connectivity index (χ3v) is 7.07. The highest BCUT2D eigenvalue weighted by Gasteiger charge is 2.53. The summed E-state index contributed by atoms with van der Waals surface area (Å²) in [6.07, 6.45) is 2.53. The fourth-order valence-corrected chi connectivity index (χ4v) is 5.52. The molecule has 0 aliphatic carbocycles. The molecule has 2 aromatic heterocycles. The Morgan fingerprint density at radius 2 is 2.40 bits per heavy atom. The first-order chi connectivity index (χ1) is 14.5. The number of H-pyrrole nitrogens is 1. The highest BCUT2D eigenvalue weighted by Crippen LogP contribution is 2.42. The number of carbonyl (C=O) groups excluding carboxylic acids is 1. The van der Waals surface area contributed by atoms with Gasteiger partial charge in [0.05, 0.1) is 12.3 Å². The summed E-state index contributed by atoms with van der Waals surface area (Å²) in [6, 6.07) is 1.49. The zero-order chi connectivity index (χ0) is 21.3. The first-order valence-electron chi connectivity index (χ1n) is 8.92. The number of carboxylic acid groups (broad SMARTS) is 1. The summed E-state index contributed by atoms with van der Waals surface area (Å²) in [5.74, 6) is -0.160. The topological polar surface area (TPSA) is 166 Å². The third-order valence-electron chi connectivity index (χ3n) is 4.63. The number of fused-ring (bicyclic) bond motifs is 1. The fourth-order valence-electron chi connectivity index (χ4n) is 3.19. The lowest BCUT2D eigenvalue weighted by atomic mass is 10.0. The van der Waals surface area contributed by atoms with E-state index in [1.54, 1.807) is 13.2 Å². The van der Waals surface area contributed by atoms with Crippen molar-refractivity contribution in [3.05, 3.63) is 23.2 Å². The van der Waals surface area contributed by atoms with Crippen molar-refractivity contribution >= 4 is 41.3 Å². The van der Waals surface area contributed by atoms with E-state index in [2.05, 4.69) is 36.9 Å². The number of tetrazole rings is 1. The smallest absolute Gasteiger partial charge is 0.352 e. The van der Waals surface area contributed by atoms with Crippen LogP contribution in [0.25, 0.3) is 0 Å². The molecule has 4 rings (SSSR count). The molecule has 2 aromatic rings. The number of carboxylic acids is 1. The van der Waals surface area contributed by atoms with Crippen molar-refractivity contribution in [1.29, 1.82) is 5.26 Å². The van der Waals surface area contributed by atoms with E-state index < -0.39 is 12.0 Å². The number of hydrogen-bond donors (Lipinski definition) is 3. The predicted octanol–water partition coefficient (Wildman–Crippen LogP) is 0.216. The van der Waals surface area contributed by atoms with E-state index in [4.69, 9.17) is 5.26 Å². The van der Waals surface area contributed by atoms with Gasteiger partial charge in [-0.25, -0.2) is 14.5 Å². The van der Waals surface area contributed by atoms with E-state index in [1.807, 2.05) is 0 Å². The number of nitrogens with zero attached hydrogens (tertiary/aromatic N) is 7. The molecule has 0 bridgehead atoms. The lowest BCUT2D eigenvalue weighted by molar-refractivity contribution is -0.147. The molecule has 0 saturated carbocycles. The molecule has 14 heteroatoms. The van der Waals surface area contributed by atoms with Crippen molar-refractivity contribution in [2.24, 2.45) is 7.05 Å². The van der Waals surface area contributed by atoms with Crippen molar-refractivity contribution in [3.8, 4) is 6.07 Å². The second-order valence-electron chi connectivity index (χ2n) is 6.58. The van der Waals surface area contributed by atoms with Crippen LogP contribution in [0, 0.1) is 11.3 Å². The number of β-lactam (4-membered cyclic amide) rings is 1. The van der Waals surface area contributed by atoms with Gasteiger partial charge in [0.2, 0.25) is 11.1 Å². The average Bonchev–Trinajstić information content (AvgIpc) is 3.36. The first kappa shape index (κ1) is 20.2. The van der Waals surface area contributed by atoms with Crippen molar-refractivity contribution in [2.45, 2.75) is 29.4 Å². The van der Waals surface area contributed by atoms with Crippen LogP contribution in [0.2, 0.25) is 0 Å². The number of nitrogens with one attached hydrogen (secondary N) is 2. The van der Waals surface area contributed by atoms with Gasteiger partial charge in [-0.1, -0.05) is 11.8 Å². The van der Waals surface area contributed by atoms with Gasteiger partial charge in [-0.15, -0.1) is 16.9 Å². The zero-order valence-electron chi connectivity index (χ0n) is 15.8. The molecule has 12 nitrogen and oxygen atoms in total. The quantitative estimate of drug-likeness (QED) is 0.374. The third kappa shape index (κ3) is 3.73. The summed E-state index contributed by atoms with van der Waals surface area (Å²) in [7, 11) is 1.70. The number of hydrogen-bond acceptors (Lipinski definition) is 10. The number of carbonyl (C=O) groups is 2. The first-order valence-corrected chi connectivity index (χ1v) is 11.0. The minimum absolute atomic E-state index is 0.0265. The van der Waals surface area contributed by atoms with Crippen LogP contribution in [0.4, 0.5) is 5.95 Å². The molecule has 1 fully saturated rings. The van der Waals surface area contributed by atoms with E-state index in [0.29, 0.717) is 41.0 Å². The minimum atomic E-state index is -1.13. The van der Waals surface area contributed by atoms with Crippen molar-refractivity contribution in [3.63, 3.8) is 0 Å². The molecule has 1 amide bonds. The molecule has 2 aliphatic heterocycles. The minimum Gasteiger partial charge on any atom is -0.477 e. The second kappa shape index (κ2) is 8.36. The second-order valence-corrected chi connectivity index (χ2v) is 8.63. The fraction of sp³-hybridized carbons (Fsp3) is 0.438. The standard InChI is InChI=1S/C16H17N9O3S2/c1-24-16(21-22-23-24)30-7-8-6-29-13-10(12(26)25(13)11(8)14(27)28)20-15-18-5-9(19-15)3-2-4-17/h5,10,13H,2-3,6-7H2,1H3,(H,27,28)(H2,18,19,20)/t10?,13-/m0/s1. The largest absolute Gasteiger partial charge is 0.477 e. The molecule has 156 valence electrons. The number of aryl methyl sites for hydroxylation is 2. The molecule has 2 atom stereocenters.